The van der Waals surface area contributed by atoms with Crippen molar-refractivity contribution in [2.24, 2.45) is 20.5 Å². The number of para-hydroxylation sites is 4. The first-order chi connectivity index (χ1) is 32.8. The van der Waals surface area contributed by atoms with Crippen molar-refractivity contribution in [3.8, 4) is 45.9 Å². The van der Waals surface area contributed by atoms with E-state index in [1.165, 1.54) is 0 Å². The Kier molecular flexibility index (Phi) is 12.4. The average molecular weight is 889 g/mol. The summed E-state index contributed by atoms with van der Waals surface area (Å²) in [4.78, 5) is 27.0. The van der Waals surface area contributed by atoms with Gasteiger partial charge in [-0.25, -0.2) is 0 Å². The summed E-state index contributed by atoms with van der Waals surface area (Å²) in [6.07, 6.45) is 0. The topological polar surface area (TPSA) is 205 Å². The second-order valence-corrected chi connectivity index (χ2v) is 14.9. The number of hydrogen-bond acceptors (Lipinski definition) is 13. The molecule has 1 aromatic heterocycles. The van der Waals surface area contributed by atoms with Crippen molar-refractivity contribution in [1.82, 2.24) is 10.2 Å². The third-order valence-electron chi connectivity index (χ3n) is 10.5. The number of nitrogens with zero attached hydrogens (tertiary/aromatic N) is 6. The lowest BCUT2D eigenvalue weighted by Gasteiger charge is -2.13. The summed E-state index contributed by atoms with van der Waals surface area (Å²) in [5.74, 6) is -0.152. The molecule has 1 heterocycles. The number of rotatable bonds is 14. The number of benzene rings is 8. The molecule has 15 heteroatoms. The van der Waals surface area contributed by atoms with Crippen LogP contribution in [0.25, 0.3) is 44.5 Å². The molecular formula is C52H40N8O7. The lowest BCUT2D eigenvalue weighted by Crippen LogP contribution is -2.13. The first kappa shape index (κ1) is 43.0. The van der Waals surface area contributed by atoms with E-state index in [9.17, 15) is 19.8 Å². The molecule has 0 bridgehead atoms. The molecule has 0 fully saturated rings. The van der Waals surface area contributed by atoms with Crippen LogP contribution in [0, 0.1) is 0 Å². The van der Waals surface area contributed by atoms with E-state index in [4.69, 9.17) is 13.9 Å². The lowest BCUT2D eigenvalue weighted by atomic mass is 10.0. The van der Waals surface area contributed by atoms with Crippen LogP contribution < -0.4 is 20.1 Å². The van der Waals surface area contributed by atoms with E-state index in [0.717, 1.165) is 0 Å². The van der Waals surface area contributed by atoms with Gasteiger partial charge in [0.25, 0.3) is 11.8 Å². The standard InChI is InChI=1S/C52H40N8O7/c1-3-65-43-19-11-9-17-41(43)53-49(63)39-29-33-13-5-7-15-37(33)45(47(39)61)57-55-35-25-21-31(22-26-35)51-59-60-52(67-51)32-23-27-36(28-24-32)56-58-46-38-16-8-6-14-34(38)30-40(48(46)62)50(64)54-42-18-10-12-20-44(42)66-4-2/h5-30,61-62H,3-4H2,1-2H3,(H,53,63)(H,54,64). The molecule has 0 radical (unpaired) electrons. The van der Waals surface area contributed by atoms with E-state index in [1.54, 1.807) is 109 Å². The predicted octanol–water partition coefficient (Wildman–Crippen LogP) is 13.3. The number of nitrogens with one attached hydrogen (secondary N) is 2. The number of carbonyl (C=O) groups is 2. The monoisotopic (exact) mass is 888 g/mol. The zero-order chi connectivity index (χ0) is 46.3. The third-order valence-corrected chi connectivity index (χ3v) is 10.5. The number of azo groups is 2. The highest BCUT2D eigenvalue weighted by molar-refractivity contribution is 6.13. The van der Waals surface area contributed by atoms with Gasteiger partial charge in [-0.3, -0.25) is 9.59 Å². The maximum absolute atomic E-state index is 13.5. The highest BCUT2D eigenvalue weighted by atomic mass is 16.5. The molecule has 9 rings (SSSR count). The van der Waals surface area contributed by atoms with Crippen LogP contribution in [-0.4, -0.2) is 45.4 Å². The summed E-state index contributed by atoms with van der Waals surface area (Å²) in [7, 11) is 0. The fraction of sp³-hybridized carbons (Fsp3) is 0.0769. The van der Waals surface area contributed by atoms with E-state index in [-0.39, 0.29) is 45.8 Å². The van der Waals surface area contributed by atoms with Crippen molar-refractivity contribution in [2.45, 2.75) is 13.8 Å². The van der Waals surface area contributed by atoms with Gasteiger partial charge in [-0.15, -0.1) is 20.4 Å². The minimum Gasteiger partial charge on any atom is -0.505 e. The zero-order valence-electron chi connectivity index (χ0n) is 36.0. The Morgan fingerprint density at radius 1 is 0.522 bits per heavy atom. The number of amides is 2. The molecule has 2 amide bonds. The highest BCUT2D eigenvalue weighted by Gasteiger charge is 2.22. The maximum atomic E-state index is 13.5. The van der Waals surface area contributed by atoms with Gasteiger partial charge in [0.1, 0.15) is 22.9 Å². The van der Waals surface area contributed by atoms with Crippen LogP contribution in [0.3, 0.4) is 0 Å². The molecule has 0 aliphatic heterocycles. The molecule has 15 nitrogen and oxygen atoms in total. The fourth-order valence-electron chi connectivity index (χ4n) is 7.28. The molecule has 330 valence electrons. The SMILES string of the molecule is CCOc1ccccc1NC(=O)c1cc2ccccc2c(N=Nc2ccc(-c3nnc(-c4ccc(N=Nc5c(O)c(C(=O)Nc6ccccc6OCC)cc6ccccc56)cc4)o3)cc2)c1O. The summed E-state index contributed by atoms with van der Waals surface area (Å²) in [5, 5.41) is 57.1. The Balaban J connectivity index is 0.901. The molecule has 0 saturated heterocycles. The van der Waals surface area contributed by atoms with Crippen LogP contribution in [0.4, 0.5) is 34.1 Å². The van der Waals surface area contributed by atoms with Gasteiger partial charge < -0.3 is 34.7 Å². The summed E-state index contributed by atoms with van der Waals surface area (Å²) in [5.41, 5.74) is 3.47. The van der Waals surface area contributed by atoms with Crippen LogP contribution in [0.15, 0.2) is 183 Å². The molecule has 9 aromatic rings. The first-order valence-corrected chi connectivity index (χ1v) is 21.2. The van der Waals surface area contributed by atoms with Gasteiger partial charge in [-0.05, 0) is 110 Å². The summed E-state index contributed by atoms with van der Waals surface area (Å²) in [6.45, 7) is 4.55. The quantitative estimate of drug-likeness (QED) is 0.0765. The molecule has 0 spiro atoms. The predicted molar refractivity (Wildman–Crippen MR) is 256 cm³/mol. The van der Waals surface area contributed by atoms with Gasteiger partial charge in [0.2, 0.25) is 11.8 Å². The van der Waals surface area contributed by atoms with Crippen LogP contribution >= 0.6 is 0 Å². The Labute approximate surface area is 383 Å². The summed E-state index contributed by atoms with van der Waals surface area (Å²) >= 11 is 0. The minimum atomic E-state index is -0.533. The van der Waals surface area contributed by atoms with Gasteiger partial charge in [-0.2, -0.15) is 10.2 Å². The fourth-order valence-corrected chi connectivity index (χ4v) is 7.28. The Morgan fingerprint density at radius 3 is 1.33 bits per heavy atom. The number of aromatic hydroxyl groups is 2. The molecule has 67 heavy (non-hydrogen) atoms. The number of fused-ring (bicyclic) bond motifs is 2. The number of phenolic OH excluding ortho intramolecular Hbond substituents is 2. The Morgan fingerprint density at radius 2 is 0.910 bits per heavy atom. The van der Waals surface area contributed by atoms with Crippen LogP contribution in [-0.2, 0) is 0 Å². The summed E-state index contributed by atoms with van der Waals surface area (Å²) < 4.78 is 17.3. The van der Waals surface area contributed by atoms with Crippen molar-refractivity contribution in [2.75, 3.05) is 23.8 Å². The normalized spacial score (nSPS) is 11.4. The van der Waals surface area contributed by atoms with E-state index in [0.29, 0.717) is 80.1 Å². The Bertz CT molecular complexity index is 3130. The van der Waals surface area contributed by atoms with E-state index in [1.807, 2.05) is 62.4 Å². The maximum Gasteiger partial charge on any atom is 0.259 e. The number of ether oxygens (including phenoxy) is 2. The number of carbonyl (C=O) groups excluding carboxylic acids is 2. The smallest absolute Gasteiger partial charge is 0.259 e. The zero-order valence-corrected chi connectivity index (χ0v) is 36.0. The number of aromatic nitrogens is 2. The average Bonchev–Trinajstić information content (AvgIpc) is 3.85. The highest BCUT2D eigenvalue weighted by Crippen LogP contribution is 2.42. The molecule has 4 N–H and O–H groups in total. The molecule has 8 aromatic carbocycles. The van der Waals surface area contributed by atoms with Crippen LogP contribution in [0.1, 0.15) is 34.6 Å². The van der Waals surface area contributed by atoms with Gasteiger partial charge >= 0.3 is 0 Å². The second-order valence-electron chi connectivity index (χ2n) is 14.9. The van der Waals surface area contributed by atoms with Crippen molar-refractivity contribution in [3.05, 3.63) is 169 Å². The molecule has 0 aliphatic carbocycles. The van der Waals surface area contributed by atoms with Gasteiger partial charge in [0.15, 0.2) is 11.5 Å². The largest absolute Gasteiger partial charge is 0.505 e. The van der Waals surface area contributed by atoms with Crippen LogP contribution in [0.2, 0.25) is 0 Å². The number of phenols is 2. The molecule has 0 aliphatic rings. The van der Waals surface area contributed by atoms with Crippen molar-refractivity contribution in [3.63, 3.8) is 0 Å². The molecule has 0 unspecified atom stereocenters. The lowest BCUT2D eigenvalue weighted by molar-refractivity contribution is 0.101. The molecular weight excluding hydrogens is 849 g/mol. The van der Waals surface area contributed by atoms with Crippen LogP contribution in [0.5, 0.6) is 23.0 Å². The summed E-state index contributed by atoms with van der Waals surface area (Å²) in [6, 6.07) is 45.8. The van der Waals surface area contributed by atoms with Gasteiger partial charge in [0, 0.05) is 21.9 Å². The number of anilines is 2. The first-order valence-electron chi connectivity index (χ1n) is 21.2. The Hall–Kier alpha value is -9.24. The van der Waals surface area contributed by atoms with Gasteiger partial charge in [-0.1, -0.05) is 72.8 Å². The van der Waals surface area contributed by atoms with E-state index >= 15 is 0 Å². The third kappa shape index (κ3) is 9.23. The molecule has 0 atom stereocenters. The van der Waals surface area contributed by atoms with Crippen molar-refractivity contribution < 1.29 is 33.7 Å². The number of hydrogen-bond donors (Lipinski definition) is 4. The minimum absolute atomic E-state index is 0.0275. The van der Waals surface area contributed by atoms with Gasteiger partial charge in [0.05, 0.1) is 47.1 Å². The second kappa shape index (κ2) is 19.2. The van der Waals surface area contributed by atoms with E-state index < -0.39 is 11.8 Å². The molecule has 0 saturated carbocycles. The van der Waals surface area contributed by atoms with Crippen molar-refractivity contribution >= 4 is 67.5 Å². The van der Waals surface area contributed by atoms with E-state index in [2.05, 4.69) is 41.3 Å². The van der Waals surface area contributed by atoms with Crippen molar-refractivity contribution in [1.29, 1.82) is 0 Å².